The molecule has 0 radical (unpaired) electrons. The molecule has 1 aromatic rings. The molecule has 0 spiro atoms. The zero-order valence-electron chi connectivity index (χ0n) is 9.13. The first-order valence-corrected chi connectivity index (χ1v) is 5.38. The van der Waals surface area contributed by atoms with Crippen LogP contribution in [-0.2, 0) is 11.3 Å². The van der Waals surface area contributed by atoms with E-state index in [1.165, 1.54) is 0 Å². The van der Waals surface area contributed by atoms with Gasteiger partial charge in [0.05, 0.1) is 24.9 Å². The van der Waals surface area contributed by atoms with Gasteiger partial charge in [-0.15, -0.1) is 0 Å². The predicted molar refractivity (Wildman–Crippen MR) is 57.9 cm³/mol. The van der Waals surface area contributed by atoms with Gasteiger partial charge in [0.2, 0.25) is 0 Å². The molecule has 0 fully saturated rings. The van der Waals surface area contributed by atoms with Crippen molar-refractivity contribution in [3.8, 4) is 5.75 Å². The van der Waals surface area contributed by atoms with Crippen LogP contribution in [0.1, 0.15) is 30.6 Å². The summed E-state index contributed by atoms with van der Waals surface area (Å²) in [6.07, 6.45) is -1.40. The molecule has 0 bridgehead atoms. The summed E-state index contributed by atoms with van der Waals surface area (Å²) in [4.78, 5) is 0. The van der Waals surface area contributed by atoms with Gasteiger partial charge in [0.15, 0.2) is 0 Å². The van der Waals surface area contributed by atoms with Crippen LogP contribution in [-0.4, -0.2) is 27.5 Å². The Bertz CT molecular complexity index is 375. The molecule has 4 heteroatoms. The fourth-order valence-electron chi connectivity index (χ4n) is 2.00. The van der Waals surface area contributed by atoms with Crippen molar-refractivity contribution in [1.82, 2.24) is 0 Å². The molecule has 88 valence electrons. The van der Waals surface area contributed by atoms with Crippen LogP contribution in [0.3, 0.4) is 0 Å². The van der Waals surface area contributed by atoms with Gasteiger partial charge in [-0.1, -0.05) is 12.1 Å². The smallest absolute Gasteiger partial charge is 0.121 e. The summed E-state index contributed by atoms with van der Waals surface area (Å²) in [7, 11) is 0. The van der Waals surface area contributed by atoms with E-state index in [0.717, 1.165) is 0 Å². The number of ether oxygens (including phenoxy) is 1. The molecule has 0 aromatic heterocycles. The fraction of sp³-hybridized carbons (Fsp3) is 0.500. The Morgan fingerprint density at radius 1 is 1.44 bits per heavy atom. The molecule has 1 unspecified atom stereocenters. The van der Waals surface area contributed by atoms with Crippen LogP contribution >= 0.6 is 0 Å². The van der Waals surface area contributed by atoms with Gasteiger partial charge in [0.1, 0.15) is 5.75 Å². The number of phenols is 1. The number of hydrogen-bond acceptors (Lipinski definition) is 4. The Labute approximate surface area is 94.1 Å². The largest absolute Gasteiger partial charge is 0.508 e. The molecule has 0 saturated heterocycles. The van der Waals surface area contributed by atoms with Crippen molar-refractivity contribution in [2.24, 2.45) is 0 Å². The zero-order chi connectivity index (χ0) is 11.7. The molecular weight excluding hydrogens is 208 g/mol. The van der Waals surface area contributed by atoms with Crippen LogP contribution < -0.4 is 0 Å². The molecule has 3 atom stereocenters. The summed E-state index contributed by atoms with van der Waals surface area (Å²) in [5.41, 5.74) is 1.29. The summed E-state index contributed by atoms with van der Waals surface area (Å²) in [6.45, 7) is 1.85. The van der Waals surface area contributed by atoms with E-state index in [1.807, 2.05) is 0 Å². The van der Waals surface area contributed by atoms with Gasteiger partial charge in [-0.25, -0.2) is 0 Å². The SMILES string of the molecule is CC(O)[C@H]1C[C@@H](O)c2cccc(O)c2CO1. The number of hydrogen-bond donors (Lipinski definition) is 3. The minimum Gasteiger partial charge on any atom is -0.508 e. The number of aliphatic hydroxyl groups is 2. The van der Waals surface area contributed by atoms with Crippen LogP contribution in [0.25, 0.3) is 0 Å². The third kappa shape index (κ3) is 2.04. The summed E-state index contributed by atoms with van der Waals surface area (Å²) in [5.74, 6) is 0.128. The van der Waals surface area contributed by atoms with Crippen molar-refractivity contribution in [3.63, 3.8) is 0 Å². The van der Waals surface area contributed by atoms with Crippen molar-refractivity contribution in [3.05, 3.63) is 29.3 Å². The normalized spacial score (nSPS) is 26.9. The molecule has 1 aliphatic rings. The van der Waals surface area contributed by atoms with Crippen molar-refractivity contribution in [2.75, 3.05) is 0 Å². The maximum absolute atomic E-state index is 9.98. The maximum atomic E-state index is 9.98. The maximum Gasteiger partial charge on any atom is 0.121 e. The molecule has 0 saturated carbocycles. The summed E-state index contributed by atoms with van der Waals surface area (Å²) in [5, 5.41) is 29.1. The topological polar surface area (TPSA) is 69.9 Å². The molecule has 1 aliphatic heterocycles. The number of phenolic OH excluding ortho intramolecular Hbond substituents is 1. The average Bonchev–Trinajstić information content (AvgIpc) is 2.40. The third-order valence-electron chi connectivity index (χ3n) is 2.98. The molecule has 0 aliphatic carbocycles. The van der Waals surface area contributed by atoms with Crippen molar-refractivity contribution in [2.45, 2.75) is 38.3 Å². The predicted octanol–water partition coefficient (Wildman–Crippen LogP) is 1.10. The van der Waals surface area contributed by atoms with E-state index in [1.54, 1.807) is 25.1 Å². The highest BCUT2D eigenvalue weighted by Crippen LogP contribution is 2.33. The first-order chi connectivity index (χ1) is 7.59. The average molecular weight is 224 g/mol. The van der Waals surface area contributed by atoms with Gasteiger partial charge in [-0.05, 0) is 18.6 Å². The van der Waals surface area contributed by atoms with Crippen LogP contribution in [0.5, 0.6) is 5.75 Å². The number of benzene rings is 1. The lowest BCUT2D eigenvalue weighted by atomic mass is 9.98. The van der Waals surface area contributed by atoms with Crippen LogP contribution in [0.2, 0.25) is 0 Å². The second-order valence-electron chi connectivity index (χ2n) is 4.19. The summed E-state index contributed by atoms with van der Waals surface area (Å²) >= 11 is 0. The van der Waals surface area contributed by atoms with E-state index in [2.05, 4.69) is 0 Å². The fourth-order valence-corrected chi connectivity index (χ4v) is 2.00. The minimum atomic E-state index is -0.704. The Kier molecular flexibility index (Phi) is 3.14. The second-order valence-corrected chi connectivity index (χ2v) is 4.19. The lowest BCUT2D eigenvalue weighted by Gasteiger charge is -2.19. The molecule has 1 aromatic carbocycles. The van der Waals surface area contributed by atoms with E-state index in [0.29, 0.717) is 17.5 Å². The van der Waals surface area contributed by atoms with Gasteiger partial charge in [0.25, 0.3) is 0 Å². The first-order valence-electron chi connectivity index (χ1n) is 5.38. The van der Waals surface area contributed by atoms with Gasteiger partial charge < -0.3 is 20.1 Å². The van der Waals surface area contributed by atoms with Crippen LogP contribution in [0.4, 0.5) is 0 Å². The number of aromatic hydroxyl groups is 1. The monoisotopic (exact) mass is 224 g/mol. The summed E-state index contributed by atoms with van der Waals surface area (Å²) < 4.78 is 5.47. The third-order valence-corrected chi connectivity index (χ3v) is 2.98. The van der Waals surface area contributed by atoms with E-state index in [4.69, 9.17) is 4.74 Å². The Morgan fingerprint density at radius 2 is 2.19 bits per heavy atom. The Morgan fingerprint density at radius 3 is 2.88 bits per heavy atom. The Hall–Kier alpha value is -1.10. The van der Waals surface area contributed by atoms with E-state index >= 15 is 0 Å². The van der Waals surface area contributed by atoms with Crippen molar-refractivity contribution < 1.29 is 20.1 Å². The first kappa shape index (κ1) is 11.4. The highest BCUT2D eigenvalue weighted by molar-refractivity contribution is 5.40. The molecule has 0 amide bonds. The summed E-state index contributed by atoms with van der Waals surface area (Å²) in [6, 6.07) is 5.03. The van der Waals surface area contributed by atoms with Gasteiger partial charge in [-0.2, -0.15) is 0 Å². The highest BCUT2D eigenvalue weighted by Gasteiger charge is 2.27. The van der Waals surface area contributed by atoms with Crippen LogP contribution in [0.15, 0.2) is 18.2 Å². The molecule has 3 N–H and O–H groups in total. The lowest BCUT2D eigenvalue weighted by Crippen LogP contribution is -2.26. The number of fused-ring (bicyclic) bond motifs is 1. The van der Waals surface area contributed by atoms with E-state index < -0.39 is 18.3 Å². The molecule has 4 nitrogen and oxygen atoms in total. The molecule has 2 rings (SSSR count). The van der Waals surface area contributed by atoms with Gasteiger partial charge in [-0.3, -0.25) is 0 Å². The number of rotatable bonds is 1. The zero-order valence-corrected chi connectivity index (χ0v) is 9.13. The van der Waals surface area contributed by atoms with Gasteiger partial charge in [0, 0.05) is 12.0 Å². The van der Waals surface area contributed by atoms with Crippen molar-refractivity contribution >= 4 is 0 Å². The quantitative estimate of drug-likeness (QED) is 0.668. The minimum absolute atomic E-state index is 0.128. The highest BCUT2D eigenvalue weighted by atomic mass is 16.5. The van der Waals surface area contributed by atoms with Crippen LogP contribution in [0, 0.1) is 0 Å². The number of aliphatic hydroxyl groups excluding tert-OH is 2. The molecule has 16 heavy (non-hydrogen) atoms. The molecule has 1 heterocycles. The van der Waals surface area contributed by atoms with E-state index in [-0.39, 0.29) is 12.4 Å². The molecular formula is C12H16O4. The van der Waals surface area contributed by atoms with Crippen molar-refractivity contribution in [1.29, 1.82) is 0 Å². The Balaban J connectivity index is 2.32. The van der Waals surface area contributed by atoms with Gasteiger partial charge >= 0.3 is 0 Å². The standard InChI is InChI=1S/C12H16O4/c1-7(13)12-5-11(15)8-3-2-4-10(14)9(8)6-16-12/h2-4,7,11-15H,5-6H2,1H3/t7?,11-,12-/m1/s1. The lowest BCUT2D eigenvalue weighted by molar-refractivity contribution is -0.0536. The second kappa shape index (κ2) is 4.41. The van der Waals surface area contributed by atoms with E-state index in [9.17, 15) is 15.3 Å².